The van der Waals surface area contributed by atoms with Crippen molar-refractivity contribution in [3.8, 4) is 5.75 Å². The number of hydrogen-bond acceptors (Lipinski definition) is 2. The second kappa shape index (κ2) is 7.94. The van der Waals surface area contributed by atoms with E-state index in [0.29, 0.717) is 5.75 Å². The zero-order valence-corrected chi connectivity index (χ0v) is 17.1. The SMILES string of the molecule is Cc1cc(C)c([C@H](C)NC(=O)COc2ccc(C(C)(C)C)cc2)cc1C. The van der Waals surface area contributed by atoms with Gasteiger partial charge in [0.05, 0.1) is 6.04 Å². The van der Waals surface area contributed by atoms with Gasteiger partial charge in [-0.3, -0.25) is 4.79 Å². The van der Waals surface area contributed by atoms with Crippen LogP contribution in [-0.4, -0.2) is 12.5 Å². The van der Waals surface area contributed by atoms with Gasteiger partial charge in [0, 0.05) is 0 Å². The average Bonchev–Trinajstić information content (AvgIpc) is 2.55. The lowest BCUT2D eigenvalue weighted by molar-refractivity contribution is -0.123. The first kappa shape index (κ1) is 20.0. The van der Waals surface area contributed by atoms with E-state index >= 15 is 0 Å². The molecule has 0 heterocycles. The summed E-state index contributed by atoms with van der Waals surface area (Å²) < 4.78 is 5.63. The first-order valence-corrected chi connectivity index (χ1v) is 9.18. The van der Waals surface area contributed by atoms with E-state index in [1.165, 1.54) is 22.3 Å². The maximum atomic E-state index is 12.3. The Bertz CT molecular complexity index is 770. The first-order chi connectivity index (χ1) is 12.1. The summed E-state index contributed by atoms with van der Waals surface area (Å²) >= 11 is 0. The van der Waals surface area contributed by atoms with Crippen LogP contribution in [0.4, 0.5) is 0 Å². The summed E-state index contributed by atoms with van der Waals surface area (Å²) in [5, 5.41) is 3.03. The lowest BCUT2D eigenvalue weighted by Crippen LogP contribution is -2.31. The highest BCUT2D eigenvalue weighted by molar-refractivity contribution is 5.78. The number of rotatable bonds is 5. The van der Waals surface area contributed by atoms with E-state index < -0.39 is 0 Å². The number of ether oxygens (including phenoxy) is 1. The largest absolute Gasteiger partial charge is 0.484 e. The number of aryl methyl sites for hydroxylation is 3. The molecule has 2 aromatic rings. The molecule has 2 aromatic carbocycles. The highest BCUT2D eigenvalue weighted by Gasteiger charge is 2.15. The van der Waals surface area contributed by atoms with Crippen molar-refractivity contribution in [2.24, 2.45) is 0 Å². The van der Waals surface area contributed by atoms with Crippen molar-refractivity contribution in [3.05, 3.63) is 64.2 Å². The molecule has 0 saturated carbocycles. The van der Waals surface area contributed by atoms with Gasteiger partial charge in [-0.2, -0.15) is 0 Å². The standard InChI is InChI=1S/C23H31NO2/c1-15-12-17(3)21(13-16(15)2)18(4)24-22(25)14-26-20-10-8-19(9-11-20)23(5,6)7/h8-13,18H,14H2,1-7H3,(H,24,25)/t18-/m0/s1. The maximum Gasteiger partial charge on any atom is 0.258 e. The fourth-order valence-electron chi connectivity index (χ4n) is 3.01. The fourth-order valence-corrected chi connectivity index (χ4v) is 3.01. The number of carbonyl (C=O) groups excluding carboxylic acids is 1. The molecule has 0 bridgehead atoms. The first-order valence-electron chi connectivity index (χ1n) is 9.18. The van der Waals surface area contributed by atoms with Crippen molar-refractivity contribution in [3.63, 3.8) is 0 Å². The number of nitrogens with one attached hydrogen (secondary N) is 1. The van der Waals surface area contributed by atoms with Gasteiger partial charge in [-0.15, -0.1) is 0 Å². The maximum absolute atomic E-state index is 12.3. The molecule has 26 heavy (non-hydrogen) atoms. The highest BCUT2D eigenvalue weighted by Crippen LogP contribution is 2.24. The molecule has 0 aliphatic carbocycles. The molecular weight excluding hydrogens is 322 g/mol. The van der Waals surface area contributed by atoms with Gasteiger partial charge in [0.15, 0.2) is 6.61 Å². The summed E-state index contributed by atoms with van der Waals surface area (Å²) in [4.78, 5) is 12.3. The molecule has 0 unspecified atom stereocenters. The Labute approximate surface area is 157 Å². The van der Waals surface area contributed by atoms with E-state index in [9.17, 15) is 4.79 Å². The molecule has 2 rings (SSSR count). The predicted octanol–water partition coefficient (Wildman–Crippen LogP) is 5.17. The third-order valence-corrected chi connectivity index (χ3v) is 4.82. The summed E-state index contributed by atoms with van der Waals surface area (Å²) in [5.41, 5.74) is 6.20. The predicted molar refractivity (Wildman–Crippen MR) is 108 cm³/mol. The van der Waals surface area contributed by atoms with E-state index in [4.69, 9.17) is 4.74 Å². The van der Waals surface area contributed by atoms with Gasteiger partial charge >= 0.3 is 0 Å². The van der Waals surface area contributed by atoms with Crippen molar-refractivity contribution < 1.29 is 9.53 Å². The quantitative estimate of drug-likeness (QED) is 0.806. The van der Waals surface area contributed by atoms with Crippen LogP contribution in [0.2, 0.25) is 0 Å². The molecule has 1 atom stereocenters. The van der Waals surface area contributed by atoms with Crippen LogP contribution in [0.15, 0.2) is 36.4 Å². The minimum atomic E-state index is -0.116. The highest BCUT2D eigenvalue weighted by atomic mass is 16.5. The molecule has 0 spiro atoms. The molecule has 1 N–H and O–H groups in total. The van der Waals surface area contributed by atoms with Crippen molar-refractivity contribution in [1.82, 2.24) is 5.32 Å². The molecule has 1 amide bonds. The minimum Gasteiger partial charge on any atom is -0.484 e. The van der Waals surface area contributed by atoms with Crippen LogP contribution in [0, 0.1) is 20.8 Å². The minimum absolute atomic E-state index is 0.0170. The summed E-state index contributed by atoms with van der Waals surface area (Å²) in [6.07, 6.45) is 0. The van der Waals surface area contributed by atoms with Crippen molar-refractivity contribution in [2.75, 3.05) is 6.61 Å². The monoisotopic (exact) mass is 353 g/mol. The van der Waals surface area contributed by atoms with Gasteiger partial charge in [0.1, 0.15) is 5.75 Å². The van der Waals surface area contributed by atoms with Crippen LogP contribution in [0.3, 0.4) is 0 Å². The van der Waals surface area contributed by atoms with Crippen molar-refractivity contribution in [2.45, 2.75) is 59.9 Å². The zero-order chi connectivity index (χ0) is 19.5. The third kappa shape index (κ3) is 5.10. The Morgan fingerprint density at radius 3 is 2.15 bits per heavy atom. The lowest BCUT2D eigenvalue weighted by atomic mass is 9.87. The van der Waals surface area contributed by atoms with Crippen molar-refractivity contribution >= 4 is 5.91 Å². The molecule has 0 aliphatic rings. The molecule has 3 heteroatoms. The van der Waals surface area contributed by atoms with Gasteiger partial charge in [0.25, 0.3) is 5.91 Å². The number of benzene rings is 2. The van der Waals surface area contributed by atoms with E-state index in [-0.39, 0.29) is 24.0 Å². The normalized spacial score (nSPS) is 12.6. The molecule has 0 aliphatic heterocycles. The number of amides is 1. The number of hydrogen-bond donors (Lipinski definition) is 1. The smallest absolute Gasteiger partial charge is 0.258 e. The fraction of sp³-hybridized carbons (Fsp3) is 0.435. The summed E-state index contributed by atoms with van der Waals surface area (Å²) in [7, 11) is 0. The Morgan fingerprint density at radius 1 is 1.00 bits per heavy atom. The van der Waals surface area contributed by atoms with Gasteiger partial charge in [-0.05, 0) is 73.1 Å². The summed E-state index contributed by atoms with van der Waals surface area (Å²) in [5.74, 6) is 0.596. The molecule has 0 aromatic heterocycles. The third-order valence-electron chi connectivity index (χ3n) is 4.82. The Morgan fingerprint density at radius 2 is 1.58 bits per heavy atom. The Balaban J connectivity index is 1.93. The topological polar surface area (TPSA) is 38.3 Å². The van der Waals surface area contributed by atoms with Gasteiger partial charge in [0.2, 0.25) is 0 Å². The Kier molecular flexibility index (Phi) is 6.12. The van der Waals surface area contributed by atoms with E-state index in [1.54, 1.807) is 0 Å². The van der Waals surface area contributed by atoms with Gasteiger partial charge in [-0.25, -0.2) is 0 Å². The molecule has 3 nitrogen and oxygen atoms in total. The van der Waals surface area contributed by atoms with Crippen LogP contribution in [0.1, 0.15) is 61.6 Å². The second-order valence-electron chi connectivity index (χ2n) is 8.15. The van der Waals surface area contributed by atoms with Gasteiger partial charge in [-0.1, -0.05) is 45.0 Å². The van der Waals surface area contributed by atoms with Crippen LogP contribution < -0.4 is 10.1 Å². The summed E-state index contributed by atoms with van der Waals surface area (Å²) in [6, 6.07) is 12.2. The summed E-state index contributed by atoms with van der Waals surface area (Å²) in [6.45, 7) is 14.8. The molecule has 0 radical (unpaired) electrons. The van der Waals surface area contributed by atoms with E-state index in [0.717, 1.165) is 5.56 Å². The van der Waals surface area contributed by atoms with Crippen molar-refractivity contribution in [1.29, 1.82) is 0 Å². The lowest BCUT2D eigenvalue weighted by Gasteiger charge is -2.20. The Hall–Kier alpha value is -2.29. The molecule has 140 valence electrons. The van der Waals surface area contributed by atoms with Gasteiger partial charge < -0.3 is 10.1 Å². The zero-order valence-electron chi connectivity index (χ0n) is 17.1. The molecule has 0 saturated heterocycles. The van der Waals surface area contributed by atoms with Crippen LogP contribution in [-0.2, 0) is 10.2 Å². The van der Waals surface area contributed by atoms with E-state index in [2.05, 4.69) is 59.0 Å². The second-order valence-corrected chi connectivity index (χ2v) is 8.15. The van der Waals surface area contributed by atoms with Crippen LogP contribution >= 0.6 is 0 Å². The van der Waals surface area contributed by atoms with E-state index in [1.807, 2.05) is 31.2 Å². The molecular formula is C23H31NO2. The van der Waals surface area contributed by atoms with Crippen LogP contribution in [0.25, 0.3) is 0 Å². The average molecular weight is 354 g/mol. The number of carbonyl (C=O) groups is 1. The van der Waals surface area contributed by atoms with Crippen LogP contribution in [0.5, 0.6) is 5.75 Å². The molecule has 0 fully saturated rings.